The summed E-state index contributed by atoms with van der Waals surface area (Å²) >= 11 is 0. The van der Waals surface area contributed by atoms with Gasteiger partial charge in [-0.1, -0.05) is 6.07 Å². The minimum atomic E-state index is -3.88. The quantitative estimate of drug-likeness (QED) is 0.744. The molecule has 21 heavy (non-hydrogen) atoms. The number of nitrogens with zero attached hydrogens (tertiary/aromatic N) is 1. The van der Waals surface area contributed by atoms with Crippen LogP contribution in [0.4, 0.5) is 0 Å². The molecule has 2 atom stereocenters. The molecule has 1 aromatic carbocycles. The lowest BCUT2D eigenvalue weighted by molar-refractivity contribution is -0.138. The van der Waals surface area contributed by atoms with Crippen molar-refractivity contribution >= 4 is 13.7 Å². The van der Waals surface area contributed by atoms with E-state index >= 15 is 0 Å². The molecule has 2 unspecified atom stereocenters. The van der Waals surface area contributed by atoms with Gasteiger partial charge in [0.15, 0.2) is 0 Å². The highest BCUT2D eigenvalue weighted by Gasteiger charge is 2.32. The Labute approximate surface area is 123 Å². The van der Waals surface area contributed by atoms with E-state index in [0.717, 1.165) is 0 Å². The largest absolute Gasteiger partial charge is 0.480 e. The first-order valence-corrected chi connectivity index (χ1v) is 7.79. The second kappa shape index (κ2) is 7.23. The van der Waals surface area contributed by atoms with E-state index < -0.39 is 25.9 Å². The minimum Gasteiger partial charge on any atom is -0.480 e. The molecule has 0 spiro atoms. The molecule has 0 aromatic heterocycles. The fourth-order valence-electron chi connectivity index (χ4n) is 1.41. The molecule has 114 valence electrons. The molecule has 8 heteroatoms. The number of nitriles is 1. The van der Waals surface area contributed by atoms with Gasteiger partial charge in [0, 0.05) is 0 Å². The van der Waals surface area contributed by atoms with Crippen molar-refractivity contribution in [1.82, 2.24) is 5.09 Å². The molecule has 2 N–H and O–H groups in total. The summed E-state index contributed by atoms with van der Waals surface area (Å²) in [5, 5.41) is 20.1. The summed E-state index contributed by atoms with van der Waals surface area (Å²) in [6.07, 6.45) is -0.441. The van der Waals surface area contributed by atoms with Crippen LogP contribution in [0.25, 0.3) is 0 Å². The maximum Gasteiger partial charge on any atom is 0.459 e. The maximum absolute atomic E-state index is 12.6. The maximum atomic E-state index is 12.6. The van der Waals surface area contributed by atoms with Crippen molar-refractivity contribution in [3.63, 3.8) is 0 Å². The number of benzene rings is 1. The molecule has 0 aliphatic carbocycles. The minimum absolute atomic E-state index is 0.156. The van der Waals surface area contributed by atoms with Crippen LogP contribution in [0.3, 0.4) is 0 Å². The van der Waals surface area contributed by atoms with Crippen molar-refractivity contribution in [1.29, 1.82) is 5.26 Å². The summed E-state index contributed by atoms with van der Waals surface area (Å²) in [5.41, 5.74) is 0.329. The molecule has 0 aliphatic rings. The van der Waals surface area contributed by atoms with E-state index in [1.807, 2.05) is 6.07 Å². The highest BCUT2D eigenvalue weighted by atomic mass is 31.2. The van der Waals surface area contributed by atoms with Gasteiger partial charge < -0.3 is 9.63 Å². The third-order valence-corrected chi connectivity index (χ3v) is 4.11. The number of hydrogen-bond acceptors (Lipinski definition) is 5. The Morgan fingerprint density at radius 3 is 2.62 bits per heavy atom. The normalized spacial score (nSPS) is 15.0. The molecule has 0 amide bonds. The molecule has 0 saturated carbocycles. The second-order valence-electron chi connectivity index (χ2n) is 4.57. The van der Waals surface area contributed by atoms with Crippen LogP contribution >= 0.6 is 7.75 Å². The van der Waals surface area contributed by atoms with Crippen LogP contribution in [-0.4, -0.2) is 23.2 Å². The van der Waals surface area contributed by atoms with E-state index in [2.05, 4.69) is 5.09 Å². The topological polar surface area (TPSA) is 109 Å². The average molecular weight is 312 g/mol. The summed E-state index contributed by atoms with van der Waals surface area (Å²) in [6.45, 7) is 4.62. The van der Waals surface area contributed by atoms with Crippen LogP contribution in [0.15, 0.2) is 24.3 Å². The Bertz CT molecular complexity index is 596. The zero-order chi connectivity index (χ0) is 16.0. The molecule has 0 heterocycles. The molecule has 0 bridgehead atoms. The van der Waals surface area contributed by atoms with Crippen molar-refractivity contribution in [3.05, 3.63) is 29.8 Å². The number of hydrogen-bond donors (Lipinski definition) is 2. The highest BCUT2D eigenvalue weighted by molar-refractivity contribution is 7.52. The molecular formula is C13H17N2O5P. The van der Waals surface area contributed by atoms with Crippen LogP contribution in [0.5, 0.6) is 5.75 Å². The van der Waals surface area contributed by atoms with Crippen LogP contribution < -0.4 is 9.61 Å². The standard InChI is InChI=1S/C13H17N2O5P/c1-9(2)19-21(18,15-10(3)13(16)17)20-12-6-4-5-11(7-12)8-14/h4-7,9-10H,1-3H3,(H,15,18)(H,16,17). The fourth-order valence-corrected chi connectivity index (χ4v) is 3.10. The van der Waals surface area contributed by atoms with Gasteiger partial charge in [-0.2, -0.15) is 10.3 Å². The monoisotopic (exact) mass is 312 g/mol. The molecule has 0 aliphatic heterocycles. The van der Waals surface area contributed by atoms with E-state index in [9.17, 15) is 9.36 Å². The van der Waals surface area contributed by atoms with E-state index in [0.29, 0.717) is 5.56 Å². The number of nitrogens with one attached hydrogen (secondary N) is 1. The van der Waals surface area contributed by atoms with Gasteiger partial charge in [-0.05, 0) is 39.0 Å². The summed E-state index contributed by atoms with van der Waals surface area (Å²) in [6, 6.07) is 6.84. The van der Waals surface area contributed by atoms with Crippen molar-refractivity contribution in [3.8, 4) is 11.8 Å². The van der Waals surface area contributed by atoms with Crippen LogP contribution in [-0.2, 0) is 13.9 Å². The van der Waals surface area contributed by atoms with Gasteiger partial charge in [0.05, 0.1) is 17.7 Å². The molecule has 7 nitrogen and oxygen atoms in total. The predicted octanol–water partition coefficient (Wildman–Crippen LogP) is 2.53. The van der Waals surface area contributed by atoms with Crippen molar-refractivity contribution < 1.29 is 23.5 Å². The average Bonchev–Trinajstić information content (AvgIpc) is 2.37. The summed E-state index contributed by atoms with van der Waals surface area (Å²) in [7, 11) is -3.88. The van der Waals surface area contributed by atoms with Gasteiger partial charge >= 0.3 is 13.7 Å². The molecule has 0 radical (unpaired) electrons. The number of carboxylic acid groups (broad SMARTS) is 1. The molecule has 0 saturated heterocycles. The van der Waals surface area contributed by atoms with Crippen LogP contribution in [0.2, 0.25) is 0 Å². The van der Waals surface area contributed by atoms with Crippen molar-refractivity contribution in [2.45, 2.75) is 32.9 Å². The highest BCUT2D eigenvalue weighted by Crippen LogP contribution is 2.46. The van der Waals surface area contributed by atoms with E-state index in [1.54, 1.807) is 26.0 Å². The Balaban J connectivity index is 2.99. The molecule has 1 rings (SSSR count). The summed E-state index contributed by atoms with van der Waals surface area (Å²) < 4.78 is 23.1. The summed E-state index contributed by atoms with van der Waals surface area (Å²) in [5.74, 6) is -1.03. The van der Waals surface area contributed by atoms with E-state index in [-0.39, 0.29) is 5.75 Å². The van der Waals surface area contributed by atoms with Gasteiger partial charge in [-0.15, -0.1) is 0 Å². The molecule has 0 fully saturated rings. The smallest absolute Gasteiger partial charge is 0.459 e. The van der Waals surface area contributed by atoms with Crippen molar-refractivity contribution in [2.24, 2.45) is 0 Å². The van der Waals surface area contributed by atoms with E-state index in [4.69, 9.17) is 19.4 Å². The van der Waals surface area contributed by atoms with Gasteiger partial charge in [0.25, 0.3) is 0 Å². The lowest BCUT2D eigenvalue weighted by atomic mass is 10.2. The van der Waals surface area contributed by atoms with E-state index in [1.165, 1.54) is 19.1 Å². The Morgan fingerprint density at radius 1 is 1.43 bits per heavy atom. The zero-order valence-corrected chi connectivity index (χ0v) is 12.8. The van der Waals surface area contributed by atoms with Crippen LogP contribution in [0.1, 0.15) is 26.3 Å². The summed E-state index contributed by atoms with van der Waals surface area (Å²) in [4.78, 5) is 10.9. The third kappa shape index (κ3) is 5.56. The Hall–Kier alpha value is -1.87. The van der Waals surface area contributed by atoms with Gasteiger partial charge in [0.1, 0.15) is 11.8 Å². The number of carbonyl (C=O) groups is 1. The number of aliphatic carboxylic acids is 1. The van der Waals surface area contributed by atoms with Crippen molar-refractivity contribution in [2.75, 3.05) is 0 Å². The Morgan fingerprint density at radius 2 is 2.10 bits per heavy atom. The number of rotatable bonds is 7. The van der Waals surface area contributed by atoms with Crippen LogP contribution in [0, 0.1) is 11.3 Å². The first-order chi connectivity index (χ1) is 9.75. The first kappa shape index (κ1) is 17.2. The van der Waals surface area contributed by atoms with Gasteiger partial charge in [0.2, 0.25) is 0 Å². The first-order valence-electron chi connectivity index (χ1n) is 6.24. The zero-order valence-electron chi connectivity index (χ0n) is 11.9. The fraction of sp³-hybridized carbons (Fsp3) is 0.385. The SMILES string of the molecule is CC(C)OP(=O)(NC(C)C(=O)O)Oc1cccc(C#N)c1. The lowest BCUT2D eigenvalue weighted by Gasteiger charge is -2.23. The lowest BCUT2D eigenvalue weighted by Crippen LogP contribution is -2.34. The number of carboxylic acids is 1. The second-order valence-corrected chi connectivity index (χ2v) is 6.22. The van der Waals surface area contributed by atoms with Gasteiger partial charge in [-0.25, -0.2) is 4.57 Å². The molecule has 1 aromatic rings. The predicted molar refractivity (Wildman–Crippen MR) is 75.8 cm³/mol. The third-order valence-electron chi connectivity index (χ3n) is 2.26. The molecular weight excluding hydrogens is 295 g/mol. The Kier molecular flexibility index (Phi) is 5.91. The van der Waals surface area contributed by atoms with Gasteiger partial charge in [-0.3, -0.25) is 9.32 Å².